The van der Waals surface area contributed by atoms with E-state index in [9.17, 15) is 9.59 Å². The van der Waals surface area contributed by atoms with Gasteiger partial charge in [-0.3, -0.25) is 9.59 Å². The Morgan fingerprint density at radius 3 is 2.68 bits per heavy atom. The average Bonchev–Trinajstić information content (AvgIpc) is 3.43. The maximum absolute atomic E-state index is 12.4. The van der Waals surface area contributed by atoms with Gasteiger partial charge in [-0.1, -0.05) is 65.3 Å². The third-order valence-electron chi connectivity index (χ3n) is 4.66. The van der Waals surface area contributed by atoms with Crippen molar-refractivity contribution in [2.75, 3.05) is 11.1 Å². The lowest BCUT2D eigenvalue weighted by Crippen LogP contribution is -2.24. The number of hydrogen-bond acceptors (Lipinski definition) is 7. The van der Waals surface area contributed by atoms with E-state index in [1.54, 1.807) is 23.7 Å². The SMILES string of the molecule is Cn1c(CNC(=O)c2ccc(Cl)cc2Cl)nnc1SCC(=O)Nc1nc(-c2ccccc2)cs1. The molecule has 174 valence electrons. The largest absolute Gasteiger partial charge is 0.345 e. The average molecular weight is 533 g/mol. The van der Waals surface area contributed by atoms with Crippen molar-refractivity contribution in [1.82, 2.24) is 25.1 Å². The van der Waals surface area contributed by atoms with Gasteiger partial charge in [0.05, 0.1) is 28.6 Å². The zero-order valence-corrected chi connectivity index (χ0v) is 20.9. The third-order valence-corrected chi connectivity index (χ3v) is 6.99. The highest BCUT2D eigenvalue weighted by Crippen LogP contribution is 2.25. The van der Waals surface area contributed by atoms with Crippen molar-refractivity contribution in [3.05, 3.63) is 75.3 Å². The number of nitrogens with one attached hydrogen (secondary N) is 2. The van der Waals surface area contributed by atoms with Gasteiger partial charge >= 0.3 is 0 Å². The maximum Gasteiger partial charge on any atom is 0.253 e. The summed E-state index contributed by atoms with van der Waals surface area (Å²) in [6.07, 6.45) is 0. The zero-order chi connectivity index (χ0) is 24.1. The topological polar surface area (TPSA) is 102 Å². The van der Waals surface area contributed by atoms with Crippen LogP contribution in [-0.2, 0) is 18.4 Å². The molecule has 0 spiro atoms. The highest BCUT2D eigenvalue weighted by atomic mass is 35.5. The van der Waals surface area contributed by atoms with E-state index >= 15 is 0 Å². The first-order valence-electron chi connectivity index (χ1n) is 9.96. The fourth-order valence-corrected chi connectivity index (χ4v) is 4.87. The van der Waals surface area contributed by atoms with Gasteiger partial charge in [-0.25, -0.2) is 4.98 Å². The Morgan fingerprint density at radius 1 is 1.12 bits per heavy atom. The van der Waals surface area contributed by atoms with E-state index in [0.717, 1.165) is 11.3 Å². The standard InChI is InChI=1S/C22H18Cl2N6O2S2/c1-30-18(10-25-20(32)15-8-7-14(23)9-16(15)24)28-29-22(30)34-12-19(31)27-21-26-17(11-33-21)13-5-3-2-4-6-13/h2-9,11H,10,12H2,1H3,(H,25,32)(H,26,27,31). The number of nitrogens with zero attached hydrogens (tertiary/aromatic N) is 4. The highest BCUT2D eigenvalue weighted by Gasteiger charge is 2.15. The number of halogens is 2. The van der Waals surface area contributed by atoms with Crippen molar-refractivity contribution >= 4 is 63.2 Å². The second-order valence-corrected chi connectivity index (χ2v) is 9.65. The molecule has 12 heteroatoms. The van der Waals surface area contributed by atoms with E-state index in [4.69, 9.17) is 23.2 Å². The minimum absolute atomic E-state index is 0.138. The molecule has 0 bridgehead atoms. The number of carbonyl (C=O) groups is 2. The second kappa shape index (κ2) is 11.0. The number of rotatable bonds is 8. The number of anilines is 1. The first kappa shape index (κ1) is 24.2. The van der Waals surface area contributed by atoms with E-state index in [0.29, 0.717) is 26.7 Å². The van der Waals surface area contributed by atoms with E-state index < -0.39 is 0 Å². The number of aromatic nitrogens is 4. The predicted molar refractivity (Wildman–Crippen MR) is 136 cm³/mol. The maximum atomic E-state index is 12.4. The van der Waals surface area contributed by atoms with Crippen molar-refractivity contribution in [1.29, 1.82) is 0 Å². The Labute approximate surface area is 213 Å². The number of hydrogen-bond donors (Lipinski definition) is 2. The van der Waals surface area contributed by atoms with Gasteiger partial charge in [-0.05, 0) is 18.2 Å². The van der Waals surface area contributed by atoms with Crippen LogP contribution in [0.4, 0.5) is 5.13 Å². The molecule has 2 aromatic carbocycles. The lowest BCUT2D eigenvalue weighted by molar-refractivity contribution is -0.113. The first-order chi connectivity index (χ1) is 16.4. The molecule has 0 fully saturated rings. The molecule has 0 radical (unpaired) electrons. The van der Waals surface area contributed by atoms with Crippen molar-refractivity contribution in [2.45, 2.75) is 11.7 Å². The molecule has 2 amide bonds. The Morgan fingerprint density at radius 2 is 1.91 bits per heavy atom. The molecule has 0 saturated heterocycles. The molecular formula is C22H18Cl2N6O2S2. The van der Waals surface area contributed by atoms with Crippen molar-refractivity contribution in [2.24, 2.45) is 7.05 Å². The lowest BCUT2D eigenvalue weighted by atomic mass is 10.2. The smallest absolute Gasteiger partial charge is 0.253 e. The van der Waals surface area contributed by atoms with Gasteiger partial charge in [-0.15, -0.1) is 21.5 Å². The first-order valence-corrected chi connectivity index (χ1v) is 12.6. The van der Waals surface area contributed by atoms with Gasteiger partial charge in [0.25, 0.3) is 5.91 Å². The van der Waals surface area contributed by atoms with Gasteiger partial charge < -0.3 is 15.2 Å². The monoisotopic (exact) mass is 532 g/mol. The van der Waals surface area contributed by atoms with Crippen LogP contribution in [0, 0.1) is 0 Å². The third kappa shape index (κ3) is 5.95. The van der Waals surface area contributed by atoms with Gasteiger partial charge in [0.2, 0.25) is 5.91 Å². The summed E-state index contributed by atoms with van der Waals surface area (Å²) in [5.74, 6) is 0.124. The number of thioether (sulfide) groups is 1. The molecule has 34 heavy (non-hydrogen) atoms. The molecule has 0 aliphatic carbocycles. The quantitative estimate of drug-likeness (QED) is 0.312. The number of thiazole rings is 1. The molecule has 0 aliphatic rings. The van der Waals surface area contributed by atoms with Crippen LogP contribution < -0.4 is 10.6 Å². The van der Waals surface area contributed by atoms with Crippen LogP contribution in [-0.4, -0.2) is 37.3 Å². The summed E-state index contributed by atoms with van der Waals surface area (Å²) < 4.78 is 1.72. The predicted octanol–water partition coefficient (Wildman–Crippen LogP) is 4.91. The Bertz CT molecular complexity index is 1330. The molecular weight excluding hydrogens is 515 g/mol. The molecule has 2 N–H and O–H groups in total. The van der Waals surface area contributed by atoms with E-state index in [1.807, 2.05) is 35.7 Å². The van der Waals surface area contributed by atoms with Crippen LogP contribution in [0.1, 0.15) is 16.2 Å². The number of carbonyl (C=O) groups excluding carboxylic acids is 2. The summed E-state index contributed by atoms with van der Waals surface area (Å²) >= 11 is 14.6. The van der Waals surface area contributed by atoms with Gasteiger partial charge in [-0.2, -0.15) is 0 Å². The van der Waals surface area contributed by atoms with Crippen LogP contribution >= 0.6 is 46.3 Å². The van der Waals surface area contributed by atoms with Gasteiger partial charge in [0, 0.05) is 23.0 Å². The molecule has 4 rings (SSSR count). The summed E-state index contributed by atoms with van der Waals surface area (Å²) in [4.78, 5) is 29.2. The van der Waals surface area contributed by atoms with Crippen LogP contribution in [0.5, 0.6) is 0 Å². The van der Waals surface area contributed by atoms with Gasteiger partial charge in [0.15, 0.2) is 16.1 Å². The molecule has 0 atom stereocenters. The Balaban J connectivity index is 1.29. The van der Waals surface area contributed by atoms with E-state index in [1.165, 1.54) is 29.2 Å². The van der Waals surface area contributed by atoms with Crippen LogP contribution in [0.15, 0.2) is 59.1 Å². The van der Waals surface area contributed by atoms with Crippen molar-refractivity contribution in [3.63, 3.8) is 0 Å². The molecule has 2 heterocycles. The summed E-state index contributed by atoms with van der Waals surface area (Å²) in [6, 6.07) is 14.4. The van der Waals surface area contributed by atoms with Crippen molar-refractivity contribution < 1.29 is 9.59 Å². The van der Waals surface area contributed by atoms with Crippen LogP contribution in [0.2, 0.25) is 10.0 Å². The molecule has 0 unspecified atom stereocenters. The fraction of sp³-hybridized carbons (Fsp3) is 0.136. The molecule has 8 nitrogen and oxygen atoms in total. The summed E-state index contributed by atoms with van der Waals surface area (Å²) in [6.45, 7) is 0.148. The van der Waals surface area contributed by atoms with Crippen molar-refractivity contribution in [3.8, 4) is 11.3 Å². The summed E-state index contributed by atoms with van der Waals surface area (Å²) in [5, 5.41) is 17.5. The minimum Gasteiger partial charge on any atom is -0.345 e. The number of benzene rings is 2. The van der Waals surface area contributed by atoms with Crippen LogP contribution in [0.25, 0.3) is 11.3 Å². The lowest BCUT2D eigenvalue weighted by Gasteiger charge is -2.07. The second-order valence-electron chi connectivity index (χ2n) is 7.01. The fourth-order valence-electron chi connectivity index (χ4n) is 2.91. The Kier molecular flexibility index (Phi) is 7.84. The number of amides is 2. The molecule has 0 aliphatic heterocycles. The van der Waals surface area contributed by atoms with Gasteiger partial charge in [0.1, 0.15) is 0 Å². The highest BCUT2D eigenvalue weighted by molar-refractivity contribution is 7.99. The minimum atomic E-state index is -0.350. The zero-order valence-electron chi connectivity index (χ0n) is 17.8. The molecule has 0 saturated carbocycles. The van der Waals surface area contributed by atoms with E-state index in [2.05, 4.69) is 25.8 Å². The van der Waals surface area contributed by atoms with E-state index in [-0.39, 0.29) is 29.1 Å². The molecule has 2 aromatic heterocycles. The normalized spacial score (nSPS) is 10.8. The summed E-state index contributed by atoms with van der Waals surface area (Å²) in [5.41, 5.74) is 2.12. The Hall–Kier alpha value is -2.92. The van der Waals surface area contributed by atoms with Crippen LogP contribution in [0.3, 0.4) is 0 Å². The molecule has 4 aromatic rings. The summed E-state index contributed by atoms with van der Waals surface area (Å²) in [7, 11) is 1.77.